The van der Waals surface area contributed by atoms with Crippen molar-refractivity contribution in [2.75, 3.05) is 6.61 Å². The molecule has 28 heavy (non-hydrogen) atoms. The van der Waals surface area contributed by atoms with Gasteiger partial charge in [0.15, 0.2) is 5.60 Å². The van der Waals surface area contributed by atoms with Gasteiger partial charge < -0.3 is 9.47 Å². The number of ether oxygens (including phenoxy) is 2. The molecule has 0 saturated heterocycles. The van der Waals surface area contributed by atoms with Gasteiger partial charge in [-0.1, -0.05) is 55.0 Å². The molecule has 1 aliphatic rings. The molecule has 0 N–H and O–H groups in total. The average Bonchev–Trinajstić information content (AvgIpc) is 2.67. The summed E-state index contributed by atoms with van der Waals surface area (Å²) < 4.78 is 11.2. The third-order valence-corrected chi connectivity index (χ3v) is 4.43. The van der Waals surface area contributed by atoms with E-state index >= 15 is 0 Å². The first-order chi connectivity index (χ1) is 13.4. The Hall–Kier alpha value is -3.25. The molecule has 3 nitrogen and oxygen atoms in total. The Balaban J connectivity index is 1.95. The standard InChI is InChI=1S/C25H24O3/c1-18(2)17-27-15-7-13-25(28-24(26)19(3)4)14-12-23-21(16-25)11-10-20-8-5-6-9-22(20)23/h5-6,8-12,14,17H,3,15-16H2,1-2,4H3. The van der Waals surface area contributed by atoms with Gasteiger partial charge >= 0.3 is 5.97 Å². The van der Waals surface area contributed by atoms with Gasteiger partial charge in [0, 0.05) is 12.0 Å². The number of fused-ring (bicyclic) bond motifs is 3. The maximum Gasteiger partial charge on any atom is 0.334 e. The smallest absolute Gasteiger partial charge is 0.334 e. The number of benzene rings is 2. The molecule has 0 saturated carbocycles. The van der Waals surface area contributed by atoms with Crippen molar-refractivity contribution >= 4 is 22.8 Å². The van der Waals surface area contributed by atoms with E-state index in [4.69, 9.17) is 9.47 Å². The van der Waals surface area contributed by atoms with E-state index in [2.05, 4.69) is 42.7 Å². The van der Waals surface area contributed by atoms with Crippen LogP contribution >= 0.6 is 0 Å². The summed E-state index contributed by atoms with van der Waals surface area (Å²) in [4.78, 5) is 12.3. The lowest BCUT2D eigenvalue weighted by Gasteiger charge is -2.30. The second-order valence-electron chi connectivity index (χ2n) is 7.24. The van der Waals surface area contributed by atoms with Crippen molar-refractivity contribution in [1.82, 2.24) is 0 Å². The summed E-state index contributed by atoms with van der Waals surface area (Å²) in [5.41, 5.74) is 2.61. The summed E-state index contributed by atoms with van der Waals surface area (Å²) in [5.74, 6) is 5.65. The first kappa shape index (κ1) is 19.5. The quantitative estimate of drug-likeness (QED) is 0.243. The molecule has 3 heteroatoms. The normalized spacial score (nSPS) is 17.1. The van der Waals surface area contributed by atoms with Crippen LogP contribution in [-0.4, -0.2) is 18.2 Å². The van der Waals surface area contributed by atoms with Crippen LogP contribution in [0, 0.1) is 11.8 Å². The van der Waals surface area contributed by atoms with Gasteiger partial charge in [-0.25, -0.2) is 4.79 Å². The number of hydrogen-bond donors (Lipinski definition) is 0. The van der Waals surface area contributed by atoms with Gasteiger partial charge in [0.2, 0.25) is 0 Å². The Labute approximate surface area is 166 Å². The largest absolute Gasteiger partial charge is 0.489 e. The van der Waals surface area contributed by atoms with Crippen LogP contribution < -0.4 is 0 Å². The Morgan fingerprint density at radius 2 is 2.00 bits per heavy atom. The van der Waals surface area contributed by atoms with E-state index in [0.717, 1.165) is 16.7 Å². The number of carbonyl (C=O) groups is 1. The van der Waals surface area contributed by atoms with Gasteiger partial charge in [-0.05, 0) is 60.2 Å². The zero-order valence-electron chi connectivity index (χ0n) is 16.5. The molecule has 1 atom stereocenters. The lowest BCUT2D eigenvalue weighted by atomic mass is 9.84. The van der Waals surface area contributed by atoms with Crippen molar-refractivity contribution in [1.29, 1.82) is 0 Å². The van der Waals surface area contributed by atoms with Crippen molar-refractivity contribution in [3.05, 3.63) is 77.6 Å². The highest BCUT2D eigenvalue weighted by Crippen LogP contribution is 2.33. The van der Waals surface area contributed by atoms with Crippen LogP contribution in [-0.2, 0) is 20.7 Å². The monoisotopic (exact) mass is 372 g/mol. The molecule has 0 aliphatic heterocycles. The molecule has 1 aliphatic carbocycles. The van der Waals surface area contributed by atoms with E-state index in [0.29, 0.717) is 12.0 Å². The SMILES string of the molecule is C=C(C)C(=O)OC1(C#CCOC=C(C)C)C=Cc2c(ccc3ccccc23)C1. The molecule has 2 aromatic carbocycles. The minimum atomic E-state index is -1.03. The minimum absolute atomic E-state index is 0.232. The molecule has 0 bridgehead atoms. The van der Waals surface area contributed by atoms with Crippen LogP contribution in [0.4, 0.5) is 0 Å². The number of rotatable bonds is 4. The third-order valence-electron chi connectivity index (χ3n) is 4.43. The van der Waals surface area contributed by atoms with Crippen molar-refractivity contribution in [2.45, 2.75) is 32.8 Å². The van der Waals surface area contributed by atoms with E-state index in [-0.39, 0.29) is 6.61 Å². The molecule has 0 fully saturated rings. The summed E-state index contributed by atoms with van der Waals surface area (Å²) in [6, 6.07) is 12.4. The van der Waals surface area contributed by atoms with Crippen molar-refractivity contribution in [3.63, 3.8) is 0 Å². The van der Waals surface area contributed by atoms with Crippen LogP contribution in [0.5, 0.6) is 0 Å². The third kappa shape index (κ3) is 4.35. The fourth-order valence-corrected chi connectivity index (χ4v) is 3.12. The zero-order valence-corrected chi connectivity index (χ0v) is 16.5. The van der Waals surface area contributed by atoms with Crippen molar-refractivity contribution < 1.29 is 14.3 Å². The molecule has 3 rings (SSSR count). The van der Waals surface area contributed by atoms with Crippen LogP contribution in [0.15, 0.2) is 66.5 Å². The van der Waals surface area contributed by atoms with E-state index in [1.807, 2.05) is 38.1 Å². The highest BCUT2D eigenvalue weighted by atomic mass is 16.6. The van der Waals surface area contributed by atoms with Gasteiger partial charge in [0.05, 0.1) is 6.26 Å². The maximum atomic E-state index is 12.3. The number of allylic oxidation sites excluding steroid dienone is 1. The van der Waals surface area contributed by atoms with Crippen LogP contribution in [0.1, 0.15) is 31.9 Å². The molecular formula is C25H24O3. The van der Waals surface area contributed by atoms with E-state index in [1.165, 1.54) is 10.8 Å². The topological polar surface area (TPSA) is 35.5 Å². The van der Waals surface area contributed by atoms with Crippen molar-refractivity contribution in [2.24, 2.45) is 0 Å². The molecule has 1 unspecified atom stereocenters. The molecular weight excluding hydrogens is 348 g/mol. The lowest BCUT2D eigenvalue weighted by Crippen LogP contribution is -2.36. The molecule has 2 aromatic rings. The number of carbonyl (C=O) groups excluding carboxylic acids is 1. The van der Waals surface area contributed by atoms with Gasteiger partial charge in [0.25, 0.3) is 0 Å². The first-order valence-corrected chi connectivity index (χ1v) is 9.24. The summed E-state index contributed by atoms with van der Waals surface area (Å²) in [5, 5.41) is 2.36. The minimum Gasteiger partial charge on any atom is -0.489 e. The van der Waals surface area contributed by atoms with Crippen LogP contribution in [0.3, 0.4) is 0 Å². The van der Waals surface area contributed by atoms with Gasteiger partial charge in [-0.3, -0.25) is 0 Å². The van der Waals surface area contributed by atoms with Gasteiger partial charge in [-0.2, -0.15) is 0 Å². The Kier molecular flexibility index (Phi) is 5.70. The predicted molar refractivity (Wildman–Crippen MR) is 113 cm³/mol. The van der Waals surface area contributed by atoms with Crippen LogP contribution in [0.2, 0.25) is 0 Å². The second kappa shape index (κ2) is 8.19. The fourth-order valence-electron chi connectivity index (χ4n) is 3.12. The lowest BCUT2D eigenvalue weighted by molar-refractivity contribution is -0.146. The summed E-state index contributed by atoms with van der Waals surface area (Å²) in [7, 11) is 0. The van der Waals surface area contributed by atoms with Gasteiger partial charge in [0.1, 0.15) is 6.61 Å². The molecule has 142 valence electrons. The first-order valence-electron chi connectivity index (χ1n) is 9.24. The highest BCUT2D eigenvalue weighted by molar-refractivity contribution is 5.93. The average molecular weight is 372 g/mol. The van der Waals surface area contributed by atoms with E-state index in [1.54, 1.807) is 13.2 Å². The molecule has 0 amide bonds. The van der Waals surface area contributed by atoms with Gasteiger partial charge in [-0.15, -0.1) is 0 Å². The molecule has 0 heterocycles. The Bertz CT molecular complexity index is 1040. The summed E-state index contributed by atoms with van der Waals surface area (Å²) >= 11 is 0. The molecule has 0 spiro atoms. The molecule has 0 aromatic heterocycles. The number of hydrogen-bond acceptors (Lipinski definition) is 3. The Morgan fingerprint density at radius 3 is 2.75 bits per heavy atom. The summed E-state index contributed by atoms with van der Waals surface area (Å²) in [6.45, 7) is 9.46. The van der Waals surface area contributed by atoms with E-state index < -0.39 is 11.6 Å². The number of esters is 1. The summed E-state index contributed by atoms with van der Waals surface area (Å²) in [6.07, 6.45) is 6.02. The molecule has 0 radical (unpaired) electrons. The predicted octanol–water partition coefficient (Wildman–Crippen LogP) is 5.21. The highest BCUT2D eigenvalue weighted by Gasteiger charge is 2.34. The fraction of sp³-hybridized carbons (Fsp3) is 0.240. The Morgan fingerprint density at radius 1 is 1.21 bits per heavy atom. The maximum absolute atomic E-state index is 12.3. The van der Waals surface area contributed by atoms with E-state index in [9.17, 15) is 4.79 Å². The second-order valence-corrected chi connectivity index (χ2v) is 7.24. The van der Waals surface area contributed by atoms with Crippen molar-refractivity contribution in [3.8, 4) is 11.8 Å². The zero-order chi connectivity index (χ0) is 20.1. The van der Waals surface area contributed by atoms with Crippen LogP contribution in [0.25, 0.3) is 16.8 Å².